The van der Waals surface area contributed by atoms with E-state index < -0.39 is 0 Å². The molecule has 0 radical (unpaired) electrons. The van der Waals surface area contributed by atoms with E-state index in [9.17, 15) is 4.79 Å². The second kappa shape index (κ2) is 4.50. The van der Waals surface area contributed by atoms with Crippen molar-refractivity contribution >= 4 is 11.6 Å². The highest BCUT2D eigenvalue weighted by Gasteiger charge is 2.12. The van der Waals surface area contributed by atoms with Crippen LogP contribution in [0.3, 0.4) is 0 Å². The Bertz CT molecular complexity index is 337. The SMILES string of the molecule is CCOc1c(N)cccc1C(=O)NC. The Hall–Kier alpha value is -1.71. The van der Waals surface area contributed by atoms with Crippen molar-refractivity contribution in [2.24, 2.45) is 0 Å². The number of anilines is 1. The first-order chi connectivity index (χ1) is 6.70. The molecule has 0 atom stereocenters. The lowest BCUT2D eigenvalue weighted by atomic mass is 10.1. The lowest BCUT2D eigenvalue weighted by Gasteiger charge is -2.11. The summed E-state index contributed by atoms with van der Waals surface area (Å²) in [7, 11) is 1.57. The van der Waals surface area contributed by atoms with Crippen LogP contribution in [0.4, 0.5) is 5.69 Å². The topological polar surface area (TPSA) is 64.3 Å². The van der Waals surface area contributed by atoms with Gasteiger partial charge in [0.15, 0.2) is 5.75 Å². The first-order valence-electron chi connectivity index (χ1n) is 4.44. The summed E-state index contributed by atoms with van der Waals surface area (Å²) < 4.78 is 5.30. The highest BCUT2D eigenvalue weighted by molar-refractivity contribution is 5.98. The average molecular weight is 194 g/mol. The van der Waals surface area contributed by atoms with Crippen LogP contribution in [-0.2, 0) is 0 Å². The minimum atomic E-state index is -0.194. The number of nitrogen functional groups attached to an aromatic ring is 1. The lowest BCUT2D eigenvalue weighted by Crippen LogP contribution is -2.19. The van der Waals surface area contributed by atoms with Crippen molar-refractivity contribution in [3.05, 3.63) is 23.8 Å². The Morgan fingerprint density at radius 2 is 2.29 bits per heavy atom. The molecule has 1 aromatic carbocycles. The molecule has 4 nitrogen and oxygen atoms in total. The van der Waals surface area contributed by atoms with E-state index >= 15 is 0 Å². The maximum absolute atomic E-state index is 11.4. The van der Waals surface area contributed by atoms with Crippen molar-refractivity contribution in [1.29, 1.82) is 0 Å². The second-order valence-corrected chi connectivity index (χ2v) is 2.74. The number of hydrogen-bond acceptors (Lipinski definition) is 3. The predicted molar refractivity (Wildman–Crippen MR) is 55.4 cm³/mol. The predicted octanol–water partition coefficient (Wildman–Crippen LogP) is 1.03. The van der Waals surface area contributed by atoms with Crippen molar-refractivity contribution in [3.63, 3.8) is 0 Å². The Labute approximate surface area is 83.1 Å². The van der Waals surface area contributed by atoms with Gasteiger partial charge in [-0.2, -0.15) is 0 Å². The second-order valence-electron chi connectivity index (χ2n) is 2.74. The summed E-state index contributed by atoms with van der Waals surface area (Å²) in [5.41, 5.74) is 6.64. The molecule has 0 spiro atoms. The van der Waals surface area contributed by atoms with E-state index in [0.717, 1.165) is 0 Å². The van der Waals surface area contributed by atoms with Gasteiger partial charge in [-0.15, -0.1) is 0 Å². The van der Waals surface area contributed by atoms with E-state index in [0.29, 0.717) is 23.6 Å². The summed E-state index contributed by atoms with van der Waals surface area (Å²) in [4.78, 5) is 11.4. The average Bonchev–Trinajstić information content (AvgIpc) is 2.20. The number of nitrogens with one attached hydrogen (secondary N) is 1. The number of amides is 1. The molecule has 1 rings (SSSR count). The van der Waals surface area contributed by atoms with E-state index in [1.165, 1.54) is 0 Å². The van der Waals surface area contributed by atoms with Crippen LogP contribution in [-0.4, -0.2) is 19.6 Å². The first-order valence-corrected chi connectivity index (χ1v) is 4.44. The van der Waals surface area contributed by atoms with Crippen molar-refractivity contribution in [3.8, 4) is 5.75 Å². The van der Waals surface area contributed by atoms with E-state index in [1.807, 2.05) is 6.92 Å². The highest BCUT2D eigenvalue weighted by Crippen LogP contribution is 2.25. The quantitative estimate of drug-likeness (QED) is 0.706. The molecule has 0 saturated carbocycles. The van der Waals surface area contributed by atoms with Gasteiger partial charge in [-0.05, 0) is 19.1 Å². The molecule has 0 fully saturated rings. The zero-order valence-electron chi connectivity index (χ0n) is 8.33. The van der Waals surface area contributed by atoms with Gasteiger partial charge in [0.05, 0.1) is 17.9 Å². The minimum Gasteiger partial charge on any atom is -0.491 e. The van der Waals surface area contributed by atoms with E-state index in [4.69, 9.17) is 10.5 Å². The van der Waals surface area contributed by atoms with Gasteiger partial charge in [-0.3, -0.25) is 4.79 Å². The summed E-state index contributed by atoms with van der Waals surface area (Å²) in [5, 5.41) is 2.53. The number of hydrogen-bond donors (Lipinski definition) is 2. The van der Waals surface area contributed by atoms with E-state index in [-0.39, 0.29) is 5.91 Å². The molecule has 0 aliphatic heterocycles. The van der Waals surface area contributed by atoms with Crippen LogP contribution in [0.25, 0.3) is 0 Å². The molecule has 3 N–H and O–H groups in total. The summed E-state index contributed by atoms with van der Waals surface area (Å²) in [6, 6.07) is 5.11. The zero-order chi connectivity index (χ0) is 10.6. The Kier molecular flexibility index (Phi) is 3.34. The number of nitrogens with two attached hydrogens (primary N) is 1. The fourth-order valence-electron chi connectivity index (χ4n) is 1.17. The fourth-order valence-corrected chi connectivity index (χ4v) is 1.17. The molecule has 76 valence electrons. The largest absolute Gasteiger partial charge is 0.491 e. The molecule has 1 amide bonds. The highest BCUT2D eigenvalue weighted by atomic mass is 16.5. The third-order valence-electron chi connectivity index (χ3n) is 1.81. The molecule has 0 heterocycles. The molecular formula is C10H14N2O2. The number of carbonyl (C=O) groups excluding carboxylic acids is 1. The Balaban J connectivity index is 3.13. The summed E-state index contributed by atoms with van der Waals surface area (Å²) >= 11 is 0. The van der Waals surface area contributed by atoms with Crippen molar-refractivity contribution in [2.45, 2.75) is 6.92 Å². The van der Waals surface area contributed by atoms with Crippen LogP contribution >= 0.6 is 0 Å². The van der Waals surface area contributed by atoms with Crippen LogP contribution in [0.15, 0.2) is 18.2 Å². The molecule has 0 unspecified atom stereocenters. The summed E-state index contributed by atoms with van der Waals surface area (Å²) in [6.45, 7) is 2.33. The number of benzene rings is 1. The lowest BCUT2D eigenvalue weighted by molar-refractivity contribution is 0.0959. The first kappa shape index (κ1) is 10.4. The van der Waals surface area contributed by atoms with Crippen LogP contribution < -0.4 is 15.8 Å². The maximum atomic E-state index is 11.4. The van der Waals surface area contributed by atoms with Crippen LogP contribution in [0.5, 0.6) is 5.75 Å². The third kappa shape index (κ3) is 1.96. The van der Waals surface area contributed by atoms with Gasteiger partial charge >= 0.3 is 0 Å². The number of carbonyl (C=O) groups is 1. The van der Waals surface area contributed by atoms with Gasteiger partial charge in [-0.1, -0.05) is 6.07 Å². The summed E-state index contributed by atoms with van der Waals surface area (Å²) in [6.07, 6.45) is 0. The molecule has 0 saturated heterocycles. The van der Waals surface area contributed by atoms with Crippen molar-refractivity contribution < 1.29 is 9.53 Å². The number of ether oxygens (including phenoxy) is 1. The Morgan fingerprint density at radius 1 is 1.57 bits per heavy atom. The normalized spacial score (nSPS) is 9.57. The Morgan fingerprint density at radius 3 is 2.86 bits per heavy atom. The van der Waals surface area contributed by atoms with Crippen LogP contribution in [0.2, 0.25) is 0 Å². The zero-order valence-corrected chi connectivity index (χ0v) is 8.33. The maximum Gasteiger partial charge on any atom is 0.254 e. The third-order valence-corrected chi connectivity index (χ3v) is 1.81. The van der Waals surface area contributed by atoms with Gasteiger partial charge in [-0.25, -0.2) is 0 Å². The molecule has 14 heavy (non-hydrogen) atoms. The van der Waals surface area contributed by atoms with Crippen molar-refractivity contribution in [2.75, 3.05) is 19.4 Å². The monoisotopic (exact) mass is 194 g/mol. The van der Waals surface area contributed by atoms with E-state index in [2.05, 4.69) is 5.32 Å². The number of para-hydroxylation sites is 1. The van der Waals surface area contributed by atoms with Gasteiger partial charge in [0, 0.05) is 7.05 Å². The minimum absolute atomic E-state index is 0.194. The molecule has 4 heteroatoms. The van der Waals surface area contributed by atoms with Crippen LogP contribution in [0, 0.1) is 0 Å². The van der Waals surface area contributed by atoms with Gasteiger partial charge in [0.1, 0.15) is 0 Å². The standard InChI is InChI=1S/C10H14N2O2/c1-3-14-9-7(10(13)12-2)5-4-6-8(9)11/h4-6H,3,11H2,1-2H3,(H,12,13). The molecular weight excluding hydrogens is 180 g/mol. The van der Waals surface area contributed by atoms with Gasteiger partial charge in [0.25, 0.3) is 5.91 Å². The molecule has 1 aromatic rings. The molecule has 0 aliphatic carbocycles. The number of rotatable bonds is 3. The fraction of sp³-hybridized carbons (Fsp3) is 0.300. The summed E-state index contributed by atoms with van der Waals surface area (Å²) in [5.74, 6) is 0.259. The van der Waals surface area contributed by atoms with Gasteiger partial charge < -0.3 is 15.8 Å². The molecule has 0 aromatic heterocycles. The smallest absolute Gasteiger partial charge is 0.254 e. The molecule has 0 aliphatic rings. The van der Waals surface area contributed by atoms with Crippen LogP contribution in [0.1, 0.15) is 17.3 Å². The van der Waals surface area contributed by atoms with E-state index in [1.54, 1.807) is 25.2 Å². The van der Waals surface area contributed by atoms with Crippen molar-refractivity contribution in [1.82, 2.24) is 5.32 Å². The molecule has 0 bridgehead atoms. The van der Waals surface area contributed by atoms with Gasteiger partial charge in [0.2, 0.25) is 0 Å².